The minimum atomic E-state index is -2.41. The normalized spacial score (nSPS) is 38.1. The lowest BCUT2D eigenvalue weighted by molar-refractivity contribution is -0.286. The summed E-state index contributed by atoms with van der Waals surface area (Å²) in [7, 11) is 0. The molecule has 0 aromatic heterocycles. The van der Waals surface area contributed by atoms with E-state index in [1.165, 1.54) is 45.9 Å². The lowest BCUT2D eigenvalue weighted by Crippen LogP contribution is -2.74. The van der Waals surface area contributed by atoms with Gasteiger partial charge in [0, 0.05) is 47.0 Å². The Bertz CT molecular complexity index is 1270. The zero-order chi connectivity index (χ0) is 33.4. The van der Waals surface area contributed by atoms with E-state index in [9.17, 15) is 39.0 Å². The minimum Gasteiger partial charge on any atom is -0.462 e. The van der Waals surface area contributed by atoms with Gasteiger partial charge in [-0.1, -0.05) is 13.0 Å². The van der Waals surface area contributed by atoms with Gasteiger partial charge in [-0.05, 0) is 31.6 Å². The van der Waals surface area contributed by atoms with Gasteiger partial charge in [0.1, 0.15) is 36.6 Å². The first-order valence-corrected chi connectivity index (χ1v) is 14.1. The van der Waals surface area contributed by atoms with Crippen molar-refractivity contribution in [2.45, 2.75) is 104 Å². The van der Waals surface area contributed by atoms with Crippen molar-refractivity contribution in [1.82, 2.24) is 0 Å². The van der Waals surface area contributed by atoms with Crippen LogP contribution in [0.2, 0.25) is 0 Å². The van der Waals surface area contributed by atoms with E-state index >= 15 is 0 Å². The number of rotatable bonds is 6. The van der Waals surface area contributed by atoms with Crippen LogP contribution in [0.15, 0.2) is 23.8 Å². The molecule has 10 atom stereocenters. The lowest BCUT2D eigenvalue weighted by atomic mass is 9.51. The van der Waals surface area contributed by atoms with Gasteiger partial charge in [-0.25, -0.2) is 0 Å². The summed E-state index contributed by atoms with van der Waals surface area (Å²) in [6, 6.07) is 0. The molecule has 14 nitrogen and oxygen atoms in total. The van der Waals surface area contributed by atoms with Crippen molar-refractivity contribution in [2.24, 2.45) is 17.3 Å². The molecule has 3 aliphatic rings. The zero-order valence-electron chi connectivity index (χ0n) is 26.0. The fourth-order valence-electron chi connectivity index (χ4n) is 6.69. The molecule has 10 unspecified atom stereocenters. The number of aliphatic hydroxyl groups is 2. The SMILES string of the molecule is CC(=O)OCC1=CC2OC(=O)C(C)C2(O)C(OC(C)=O)C2C(C)(O)C(OC(C)=O)CC(OC(C)=O)C2(C)C(OC(C)=O)C=C1. The maximum atomic E-state index is 13.1. The first-order valence-electron chi connectivity index (χ1n) is 14.1. The van der Waals surface area contributed by atoms with Gasteiger partial charge in [0.25, 0.3) is 0 Å². The van der Waals surface area contributed by atoms with Crippen LogP contribution in [-0.2, 0) is 57.2 Å². The summed E-state index contributed by atoms with van der Waals surface area (Å²) < 4.78 is 33.4. The molecule has 0 bridgehead atoms. The molecule has 1 saturated heterocycles. The molecule has 0 spiro atoms. The molecule has 1 aliphatic heterocycles. The van der Waals surface area contributed by atoms with Gasteiger partial charge in [0.2, 0.25) is 0 Å². The highest BCUT2D eigenvalue weighted by atomic mass is 16.6. The molecule has 14 heteroatoms. The molecule has 1 heterocycles. The maximum Gasteiger partial charge on any atom is 0.312 e. The molecule has 0 aromatic carbocycles. The van der Waals surface area contributed by atoms with Gasteiger partial charge in [0.15, 0.2) is 11.7 Å². The van der Waals surface area contributed by atoms with E-state index in [1.54, 1.807) is 0 Å². The Labute approximate surface area is 254 Å². The van der Waals surface area contributed by atoms with E-state index in [0.717, 1.165) is 27.7 Å². The summed E-state index contributed by atoms with van der Waals surface area (Å²) in [4.78, 5) is 74.5. The van der Waals surface area contributed by atoms with Crippen LogP contribution >= 0.6 is 0 Å². The second kappa shape index (κ2) is 12.7. The van der Waals surface area contributed by atoms with Crippen molar-refractivity contribution in [3.8, 4) is 0 Å². The van der Waals surface area contributed by atoms with Crippen LogP contribution in [0.4, 0.5) is 0 Å². The standard InChI is InChI=1S/C30H40O14/c1-14-27(36)44-24-11-20(13-39-15(2)31)9-10-21(40-16(3)32)28(7)22(41-17(4)33)12-23(42-18(5)34)29(8,37)25(28)26(30(14,24)38)43-19(6)35/h9-11,14,21-26,37-38H,12-13H2,1-8H3. The number of fused-ring (bicyclic) bond motifs is 2. The van der Waals surface area contributed by atoms with Crippen LogP contribution in [0, 0.1) is 17.3 Å². The topological polar surface area (TPSA) is 198 Å². The predicted molar refractivity (Wildman–Crippen MR) is 147 cm³/mol. The minimum absolute atomic E-state index is 0.204. The van der Waals surface area contributed by atoms with Crippen molar-refractivity contribution in [3.05, 3.63) is 23.8 Å². The Hall–Kier alpha value is -3.78. The van der Waals surface area contributed by atoms with Crippen molar-refractivity contribution in [3.63, 3.8) is 0 Å². The molecule has 2 aliphatic carbocycles. The molecule has 244 valence electrons. The van der Waals surface area contributed by atoms with Gasteiger partial charge in [-0.15, -0.1) is 0 Å². The highest BCUT2D eigenvalue weighted by molar-refractivity contribution is 5.78. The predicted octanol–water partition coefficient (Wildman–Crippen LogP) is 0.842. The molecule has 3 rings (SSSR count). The molecular formula is C30H40O14. The number of hydrogen-bond donors (Lipinski definition) is 2. The number of carbonyl (C=O) groups is 6. The third-order valence-electron chi connectivity index (χ3n) is 8.69. The number of esters is 6. The Balaban J connectivity index is 2.49. The first kappa shape index (κ1) is 34.7. The van der Waals surface area contributed by atoms with Crippen LogP contribution in [0.3, 0.4) is 0 Å². The van der Waals surface area contributed by atoms with Crippen molar-refractivity contribution in [2.75, 3.05) is 6.61 Å². The smallest absolute Gasteiger partial charge is 0.312 e. The van der Waals surface area contributed by atoms with E-state index in [0.29, 0.717) is 0 Å². The first-order chi connectivity index (χ1) is 20.3. The third kappa shape index (κ3) is 6.50. The van der Waals surface area contributed by atoms with E-state index in [4.69, 9.17) is 28.4 Å². The average molecular weight is 625 g/mol. The van der Waals surface area contributed by atoms with Crippen molar-refractivity contribution in [1.29, 1.82) is 0 Å². The summed E-state index contributed by atoms with van der Waals surface area (Å²) in [5, 5.41) is 24.8. The Morgan fingerprint density at radius 1 is 0.864 bits per heavy atom. The number of hydrogen-bond acceptors (Lipinski definition) is 14. The van der Waals surface area contributed by atoms with Gasteiger partial charge in [0.05, 0.1) is 11.3 Å². The second-order valence-corrected chi connectivity index (χ2v) is 11.9. The molecule has 0 radical (unpaired) electrons. The zero-order valence-corrected chi connectivity index (χ0v) is 26.0. The maximum absolute atomic E-state index is 13.1. The Morgan fingerprint density at radius 2 is 1.41 bits per heavy atom. The van der Waals surface area contributed by atoms with E-state index in [2.05, 4.69) is 0 Å². The Morgan fingerprint density at radius 3 is 1.93 bits per heavy atom. The van der Waals surface area contributed by atoms with Gasteiger partial charge >= 0.3 is 35.8 Å². The lowest BCUT2D eigenvalue weighted by Gasteiger charge is -2.60. The van der Waals surface area contributed by atoms with E-state index in [1.807, 2.05) is 0 Å². The average Bonchev–Trinajstić information content (AvgIpc) is 3.09. The molecule has 0 aromatic rings. The van der Waals surface area contributed by atoms with Crippen molar-refractivity contribution < 1.29 is 67.4 Å². The largest absolute Gasteiger partial charge is 0.462 e. The summed E-state index contributed by atoms with van der Waals surface area (Å²) in [6.07, 6.45) is -3.58. The van der Waals surface area contributed by atoms with E-state index < -0.39 is 94.8 Å². The second-order valence-electron chi connectivity index (χ2n) is 11.9. The van der Waals surface area contributed by atoms with Gasteiger partial charge < -0.3 is 38.6 Å². The number of ether oxygens (including phenoxy) is 6. The fraction of sp³-hybridized carbons (Fsp3) is 0.667. The highest BCUT2D eigenvalue weighted by Gasteiger charge is 2.72. The van der Waals surface area contributed by atoms with Gasteiger partial charge in [-0.3, -0.25) is 28.8 Å². The fourth-order valence-corrected chi connectivity index (χ4v) is 6.69. The van der Waals surface area contributed by atoms with E-state index in [-0.39, 0.29) is 18.6 Å². The van der Waals surface area contributed by atoms with Gasteiger partial charge in [-0.2, -0.15) is 0 Å². The monoisotopic (exact) mass is 624 g/mol. The van der Waals surface area contributed by atoms with Crippen LogP contribution in [-0.4, -0.2) is 94.4 Å². The summed E-state index contributed by atoms with van der Waals surface area (Å²) in [5.74, 6) is -7.72. The van der Waals surface area contributed by atoms with Crippen LogP contribution in [0.5, 0.6) is 0 Å². The highest BCUT2D eigenvalue weighted by Crippen LogP contribution is 2.57. The summed E-state index contributed by atoms with van der Waals surface area (Å²) in [6.45, 7) is 9.35. The molecule has 2 fully saturated rings. The Kier molecular flexibility index (Phi) is 10.0. The molecule has 44 heavy (non-hydrogen) atoms. The quantitative estimate of drug-likeness (QED) is 0.311. The van der Waals surface area contributed by atoms with Crippen LogP contribution in [0.25, 0.3) is 0 Å². The summed E-state index contributed by atoms with van der Waals surface area (Å²) in [5.41, 5.74) is -6.14. The molecular weight excluding hydrogens is 584 g/mol. The summed E-state index contributed by atoms with van der Waals surface area (Å²) >= 11 is 0. The van der Waals surface area contributed by atoms with Crippen molar-refractivity contribution >= 4 is 35.8 Å². The molecule has 2 N–H and O–H groups in total. The van der Waals surface area contributed by atoms with Crippen LogP contribution < -0.4 is 0 Å². The molecule has 1 saturated carbocycles. The third-order valence-corrected chi connectivity index (χ3v) is 8.69. The van der Waals surface area contributed by atoms with Crippen LogP contribution in [0.1, 0.15) is 61.8 Å². The molecule has 0 amide bonds. The number of carbonyl (C=O) groups excluding carboxylic acids is 6.